The van der Waals surface area contributed by atoms with Crippen molar-refractivity contribution in [3.8, 4) is 5.75 Å². The molecule has 68 valence electrons. The molecule has 0 saturated carbocycles. The Morgan fingerprint density at radius 1 is 1.46 bits per heavy atom. The van der Waals surface area contributed by atoms with Gasteiger partial charge in [0.2, 0.25) is 0 Å². The third-order valence-corrected chi connectivity index (χ3v) is 2.84. The molecule has 2 rings (SSSR count). The first-order valence-corrected chi connectivity index (χ1v) is 4.64. The predicted octanol–water partition coefficient (Wildman–Crippen LogP) is 1.61. The van der Waals surface area contributed by atoms with Gasteiger partial charge in [-0.25, -0.2) is 0 Å². The second kappa shape index (κ2) is 2.88. The van der Waals surface area contributed by atoms with Crippen LogP contribution in [0.1, 0.15) is 0 Å². The van der Waals surface area contributed by atoms with E-state index in [1.165, 1.54) is 11.5 Å². The van der Waals surface area contributed by atoms with Crippen molar-refractivity contribution in [1.82, 2.24) is 3.96 Å². The number of aryl methyl sites for hydroxylation is 1. The second-order valence-corrected chi connectivity index (χ2v) is 3.86. The number of fused-ring (bicyclic) bond motifs is 1. The van der Waals surface area contributed by atoms with Crippen LogP contribution >= 0.6 is 11.5 Å². The lowest BCUT2D eigenvalue weighted by Crippen LogP contribution is -1.88. The minimum absolute atomic E-state index is 0.0800. The van der Waals surface area contributed by atoms with Crippen LogP contribution in [-0.4, -0.2) is 11.1 Å². The van der Waals surface area contributed by atoms with Gasteiger partial charge in [-0.15, -0.1) is 0 Å². The van der Waals surface area contributed by atoms with Crippen molar-refractivity contribution in [1.29, 1.82) is 0 Å². The van der Waals surface area contributed by atoms with Gasteiger partial charge < -0.3 is 4.74 Å². The fraction of sp³-hybridized carbons (Fsp3) is 0.222. The van der Waals surface area contributed by atoms with Crippen molar-refractivity contribution in [2.75, 3.05) is 7.11 Å². The number of nitrogens with zero attached hydrogens (tertiary/aromatic N) is 1. The first kappa shape index (κ1) is 8.31. The lowest BCUT2D eigenvalue weighted by Gasteiger charge is -1.98. The zero-order valence-electron chi connectivity index (χ0n) is 7.40. The van der Waals surface area contributed by atoms with E-state index < -0.39 is 0 Å². The maximum atomic E-state index is 11.4. The summed E-state index contributed by atoms with van der Waals surface area (Å²) in [5.74, 6) is 0.725. The molecular weight excluding hydrogens is 186 g/mol. The molecule has 1 heterocycles. The molecule has 0 bridgehead atoms. The molecule has 0 aliphatic carbocycles. The lowest BCUT2D eigenvalue weighted by molar-refractivity contribution is 0.415. The van der Waals surface area contributed by atoms with Gasteiger partial charge in [0.25, 0.3) is 4.74 Å². The zero-order chi connectivity index (χ0) is 9.42. The van der Waals surface area contributed by atoms with Crippen molar-refractivity contribution >= 4 is 22.4 Å². The van der Waals surface area contributed by atoms with Crippen LogP contribution in [0.4, 0.5) is 0 Å². The summed E-state index contributed by atoms with van der Waals surface area (Å²) in [4.78, 5) is 11.4. The van der Waals surface area contributed by atoms with E-state index in [0.717, 1.165) is 16.7 Å². The number of ether oxygens (including phenoxy) is 1. The Hall–Kier alpha value is -1.29. The van der Waals surface area contributed by atoms with Gasteiger partial charge in [0.05, 0.1) is 18.0 Å². The van der Waals surface area contributed by atoms with E-state index in [1.807, 2.05) is 23.1 Å². The average Bonchev–Trinajstić information content (AvgIpc) is 2.42. The van der Waals surface area contributed by atoms with Crippen LogP contribution in [0.5, 0.6) is 5.75 Å². The van der Waals surface area contributed by atoms with E-state index >= 15 is 0 Å². The van der Waals surface area contributed by atoms with Crippen LogP contribution in [0.15, 0.2) is 23.0 Å². The smallest absolute Gasteiger partial charge is 0.257 e. The van der Waals surface area contributed by atoms with Crippen molar-refractivity contribution < 1.29 is 4.74 Å². The minimum Gasteiger partial charge on any atom is -0.497 e. The van der Waals surface area contributed by atoms with Crippen molar-refractivity contribution in [2.24, 2.45) is 7.05 Å². The van der Waals surface area contributed by atoms with Crippen molar-refractivity contribution in [3.63, 3.8) is 0 Å². The highest BCUT2D eigenvalue weighted by Gasteiger charge is 2.04. The van der Waals surface area contributed by atoms with Gasteiger partial charge in [-0.3, -0.25) is 8.75 Å². The van der Waals surface area contributed by atoms with Gasteiger partial charge >= 0.3 is 0 Å². The third kappa shape index (κ3) is 1.23. The van der Waals surface area contributed by atoms with E-state index in [-0.39, 0.29) is 4.74 Å². The van der Waals surface area contributed by atoms with Crippen LogP contribution in [0, 0.1) is 0 Å². The monoisotopic (exact) mass is 195 g/mol. The van der Waals surface area contributed by atoms with Gasteiger partial charge in [0.15, 0.2) is 0 Å². The number of benzene rings is 1. The lowest BCUT2D eigenvalue weighted by atomic mass is 10.2. The summed E-state index contributed by atoms with van der Waals surface area (Å²) in [5, 5.41) is 0.729. The summed E-state index contributed by atoms with van der Waals surface area (Å²) in [6.45, 7) is 0. The molecule has 1 aromatic carbocycles. The minimum atomic E-state index is 0.0800. The molecule has 13 heavy (non-hydrogen) atoms. The Bertz CT molecular complexity index is 498. The van der Waals surface area contributed by atoms with E-state index in [1.54, 1.807) is 13.2 Å². The maximum absolute atomic E-state index is 11.4. The fourth-order valence-corrected chi connectivity index (χ4v) is 2.07. The highest BCUT2D eigenvalue weighted by Crippen LogP contribution is 2.19. The van der Waals surface area contributed by atoms with Crippen LogP contribution in [-0.2, 0) is 7.05 Å². The molecule has 2 aromatic rings. The molecule has 4 heteroatoms. The Morgan fingerprint density at radius 2 is 2.23 bits per heavy atom. The second-order valence-electron chi connectivity index (χ2n) is 2.76. The van der Waals surface area contributed by atoms with Gasteiger partial charge in [-0.1, -0.05) is 0 Å². The summed E-state index contributed by atoms with van der Waals surface area (Å²) in [5.41, 5.74) is 0.954. The van der Waals surface area contributed by atoms with Crippen LogP contribution in [0.3, 0.4) is 0 Å². The van der Waals surface area contributed by atoms with Crippen LogP contribution in [0.2, 0.25) is 0 Å². The van der Waals surface area contributed by atoms with Crippen LogP contribution < -0.4 is 9.48 Å². The summed E-state index contributed by atoms with van der Waals surface area (Å²) in [7, 11) is 3.47. The normalized spacial score (nSPS) is 10.6. The van der Waals surface area contributed by atoms with E-state index in [0.29, 0.717) is 0 Å². The number of methoxy groups -OCH3 is 1. The largest absolute Gasteiger partial charge is 0.497 e. The number of rotatable bonds is 1. The first-order chi connectivity index (χ1) is 6.22. The Balaban J connectivity index is 2.84. The molecule has 3 nitrogen and oxygen atoms in total. The molecule has 0 saturated heterocycles. The maximum Gasteiger partial charge on any atom is 0.257 e. The number of hydrogen-bond acceptors (Lipinski definition) is 3. The Morgan fingerprint density at radius 3 is 2.92 bits per heavy atom. The molecule has 0 N–H and O–H groups in total. The van der Waals surface area contributed by atoms with Crippen LogP contribution in [0.25, 0.3) is 10.9 Å². The molecule has 0 aliphatic heterocycles. The summed E-state index contributed by atoms with van der Waals surface area (Å²) >= 11 is 1.21. The summed E-state index contributed by atoms with van der Waals surface area (Å²) < 4.78 is 6.98. The molecule has 0 spiro atoms. The highest BCUT2D eigenvalue weighted by molar-refractivity contribution is 7.05. The molecule has 0 aliphatic rings. The fourth-order valence-electron chi connectivity index (χ4n) is 1.30. The zero-order valence-corrected chi connectivity index (χ0v) is 8.22. The molecule has 0 unspecified atom stereocenters. The van der Waals surface area contributed by atoms with Gasteiger partial charge in [0.1, 0.15) is 5.75 Å². The molecule has 0 fully saturated rings. The van der Waals surface area contributed by atoms with E-state index in [4.69, 9.17) is 4.74 Å². The molecular formula is C9H9NO2S. The summed E-state index contributed by atoms with van der Waals surface area (Å²) in [6, 6.07) is 5.52. The average molecular weight is 195 g/mol. The van der Waals surface area contributed by atoms with Gasteiger partial charge in [0, 0.05) is 7.05 Å². The van der Waals surface area contributed by atoms with Gasteiger partial charge in [-0.2, -0.15) is 0 Å². The number of aromatic nitrogens is 1. The quantitative estimate of drug-likeness (QED) is 0.692. The number of hydrogen-bond donors (Lipinski definition) is 0. The predicted molar refractivity (Wildman–Crippen MR) is 53.6 cm³/mol. The first-order valence-electron chi connectivity index (χ1n) is 3.86. The standard InChI is InChI=1S/C9H9NO2S/c1-10-8-4-3-6(12-2)5-7(8)9(11)13-10/h3-5H,1-2H3. The van der Waals surface area contributed by atoms with E-state index in [2.05, 4.69) is 0 Å². The highest BCUT2D eigenvalue weighted by atomic mass is 32.1. The SMILES string of the molecule is COc1ccc2c(c1)c(=O)sn2C. The molecule has 0 amide bonds. The third-order valence-electron chi connectivity index (χ3n) is 1.98. The Labute approximate surface area is 79.3 Å². The Kier molecular flexibility index (Phi) is 1.84. The molecule has 1 aromatic heterocycles. The summed E-state index contributed by atoms with van der Waals surface area (Å²) in [6.07, 6.45) is 0. The molecule has 0 radical (unpaired) electrons. The van der Waals surface area contributed by atoms with Crippen molar-refractivity contribution in [2.45, 2.75) is 0 Å². The van der Waals surface area contributed by atoms with Crippen molar-refractivity contribution in [3.05, 3.63) is 27.7 Å². The molecule has 0 atom stereocenters. The van der Waals surface area contributed by atoms with E-state index in [9.17, 15) is 4.79 Å². The topological polar surface area (TPSA) is 31.2 Å². The van der Waals surface area contributed by atoms with Gasteiger partial charge in [-0.05, 0) is 29.7 Å².